The van der Waals surface area contributed by atoms with Crippen molar-refractivity contribution in [1.29, 1.82) is 0 Å². The van der Waals surface area contributed by atoms with Crippen LogP contribution in [-0.4, -0.2) is 51.0 Å². The molecule has 0 aliphatic carbocycles. The van der Waals surface area contributed by atoms with Crippen LogP contribution >= 0.6 is 11.6 Å². The van der Waals surface area contributed by atoms with Crippen molar-refractivity contribution in [2.24, 2.45) is 0 Å². The number of amides is 1. The van der Waals surface area contributed by atoms with Crippen LogP contribution in [0.3, 0.4) is 0 Å². The van der Waals surface area contributed by atoms with Crippen LogP contribution in [0, 0.1) is 0 Å². The Morgan fingerprint density at radius 2 is 1.89 bits per heavy atom. The van der Waals surface area contributed by atoms with Crippen molar-refractivity contribution in [3.8, 4) is 11.5 Å². The van der Waals surface area contributed by atoms with Crippen LogP contribution in [0.1, 0.15) is 22.3 Å². The molecule has 2 aromatic rings. The maximum absolute atomic E-state index is 13.2. The SMILES string of the molecule is COc1ccc(CN(C(=O)c2cccc(Cl)c2)C2CCS(=O)(=O)C2)cc1OC. The van der Waals surface area contributed by atoms with Gasteiger partial charge in [0, 0.05) is 23.2 Å². The van der Waals surface area contributed by atoms with Crippen LogP contribution in [0.15, 0.2) is 42.5 Å². The molecule has 1 amide bonds. The van der Waals surface area contributed by atoms with E-state index in [0.717, 1.165) is 5.56 Å². The average molecular weight is 424 g/mol. The molecule has 1 saturated heterocycles. The topological polar surface area (TPSA) is 72.9 Å². The first-order valence-electron chi connectivity index (χ1n) is 8.81. The van der Waals surface area contributed by atoms with Gasteiger partial charge in [-0.05, 0) is 42.3 Å². The van der Waals surface area contributed by atoms with Crippen LogP contribution in [0.2, 0.25) is 5.02 Å². The number of ether oxygens (including phenoxy) is 2. The smallest absolute Gasteiger partial charge is 0.254 e. The highest BCUT2D eigenvalue weighted by atomic mass is 35.5. The number of rotatable bonds is 6. The fraction of sp³-hybridized carbons (Fsp3) is 0.350. The number of hydrogen-bond acceptors (Lipinski definition) is 5. The quantitative estimate of drug-likeness (QED) is 0.713. The van der Waals surface area contributed by atoms with E-state index in [-0.39, 0.29) is 30.0 Å². The summed E-state index contributed by atoms with van der Waals surface area (Å²) < 4.78 is 34.6. The van der Waals surface area contributed by atoms with E-state index in [0.29, 0.717) is 28.5 Å². The molecule has 0 radical (unpaired) electrons. The third-order valence-corrected chi connectivity index (χ3v) is 6.77. The molecular weight excluding hydrogens is 402 g/mol. The van der Waals surface area contributed by atoms with Gasteiger partial charge in [0.05, 0.1) is 25.7 Å². The van der Waals surface area contributed by atoms with Gasteiger partial charge in [0.15, 0.2) is 21.3 Å². The van der Waals surface area contributed by atoms with Crippen LogP contribution in [-0.2, 0) is 16.4 Å². The van der Waals surface area contributed by atoms with Crippen molar-refractivity contribution >= 4 is 27.3 Å². The summed E-state index contributed by atoms with van der Waals surface area (Å²) >= 11 is 6.03. The minimum Gasteiger partial charge on any atom is -0.493 e. The molecule has 8 heteroatoms. The normalized spacial score (nSPS) is 17.9. The number of halogens is 1. The Balaban J connectivity index is 1.94. The molecule has 0 saturated carbocycles. The Kier molecular flexibility index (Phi) is 6.15. The maximum Gasteiger partial charge on any atom is 0.254 e. The Morgan fingerprint density at radius 1 is 1.14 bits per heavy atom. The Morgan fingerprint density at radius 3 is 2.50 bits per heavy atom. The third kappa shape index (κ3) is 4.59. The summed E-state index contributed by atoms with van der Waals surface area (Å²) in [4.78, 5) is 14.8. The van der Waals surface area contributed by atoms with Gasteiger partial charge in [-0.1, -0.05) is 23.7 Å². The van der Waals surface area contributed by atoms with E-state index in [1.807, 2.05) is 6.07 Å². The molecule has 1 atom stereocenters. The molecule has 28 heavy (non-hydrogen) atoms. The number of benzene rings is 2. The minimum absolute atomic E-state index is 0.0351. The third-order valence-electron chi connectivity index (χ3n) is 4.78. The number of hydrogen-bond donors (Lipinski definition) is 0. The van der Waals surface area contributed by atoms with E-state index < -0.39 is 9.84 Å². The number of methoxy groups -OCH3 is 2. The monoisotopic (exact) mass is 423 g/mol. The number of nitrogens with zero attached hydrogens (tertiary/aromatic N) is 1. The lowest BCUT2D eigenvalue weighted by Gasteiger charge is -2.29. The van der Waals surface area contributed by atoms with Gasteiger partial charge >= 0.3 is 0 Å². The summed E-state index contributed by atoms with van der Waals surface area (Å²) in [5, 5.41) is 0.455. The summed E-state index contributed by atoms with van der Waals surface area (Å²) in [6.07, 6.45) is 0.419. The standard InChI is InChI=1S/C20H22ClNO5S/c1-26-18-7-6-14(10-19(18)27-2)12-22(17-8-9-28(24,25)13-17)20(23)15-4-3-5-16(21)11-15/h3-7,10-11,17H,8-9,12-13H2,1-2H3. The molecular formula is C20H22ClNO5S. The first-order chi connectivity index (χ1) is 13.3. The summed E-state index contributed by atoms with van der Waals surface area (Å²) in [6.45, 7) is 0.256. The minimum atomic E-state index is -3.14. The first-order valence-corrected chi connectivity index (χ1v) is 11.0. The average Bonchev–Trinajstić information content (AvgIpc) is 3.04. The number of carbonyl (C=O) groups excluding carboxylic acids is 1. The lowest BCUT2D eigenvalue weighted by molar-refractivity contribution is 0.0680. The highest BCUT2D eigenvalue weighted by Gasteiger charge is 2.35. The highest BCUT2D eigenvalue weighted by Crippen LogP contribution is 2.30. The van der Waals surface area contributed by atoms with Gasteiger partial charge in [-0.25, -0.2) is 8.42 Å². The number of sulfone groups is 1. The van der Waals surface area contributed by atoms with E-state index in [4.69, 9.17) is 21.1 Å². The molecule has 0 N–H and O–H groups in total. The van der Waals surface area contributed by atoms with Gasteiger partial charge in [-0.2, -0.15) is 0 Å². The van der Waals surface area contributed by atoms with Gasteiger partial charge in [-0.3, -0.25) is 4.79 Å². The van der Waals surface area contributed by atoms with Crippen molar-refractivity contribution < 1.29 is 22.7 Å². The Hall–Kier alpha value is -2.25. The van der Waals surface area contributed by atoms with Crippen molar-refractivity contribution in [2.45, 2.75) is 19.0 Å². The van der Waals surface area contributed by atoms with Crippen molar-refractivity contribution in [3.63, 3.8) is 0 Å². The van der Waals surface area contributed by atoms with Gasteiger partial charge < -0.3 is 14.4 Å². The van der Waals surface area contributed by atoms with Gasteiger partial charge in [0.1, 0.15) is 0 Å². The summed E-state index contributed by atoms with van der Waals surface area (Å²) in [6, 6.07) is 11.7. The zero-order chi connectivity index (χ0) is 20.3. The molecule has 1 unspecified atom stereocenters. The van der Waals surface area contributed by atoms with Crippen LogP contribution in [0.5, 0.6) is 11.5 Å². The molecule has 150 valence electrons. The summed E-state index contributed by atoms with van der Waals surface area (Å²) in [7, 11) is -0.0516. The number of carbonyl (C=O) groups is 1. The van der Waals surface area contributed by atoms with E-state index in [9.17, 15) is 13.2 Å². The zero-order valence-corrected chi connectivity index (χ0v) is 17.3. The van der Waals surface area contributed by atoms with Gasteiger partial charge in [0.2, 0.25) is 0 Å². The fourth-order valence-corrected chi connectivity index (χ4v) is 5.27. The molecule has 1 heterocycles. The Labute approximate surface area is 169 Å². The van der Waals surface area contributed by atoms with Crippen molar-refractivity contribution in [2.75, 3.05) is 25.7 Å². The zero-order valence-electron chi connectivity index (χ0n) is 15.7. The van der Waals surface area contributed by atoms with Crippen LogP contribution in [0.25, 0.3) is 0 Å². The summed E-state index contributed by atoms with van der Waals surface area (Å²) in [5.41, 5.74) is 1.25. The first kappa shape index (κ1) is 20.5. The van der Waals surface area contributed by atoms with Gasteiger partial charge in [-0.15, -0.1) is 0 Å². The highest BCUT2D eigenvalue weighted by molar-refractivity contribution is 7.91. The van der Waals surface area contributed by atoms with Gasteiger partial charge in [0.25, 0.3) is 5.91 Å². The lowest BCUT2D eigenvalue weighted by Crippen LogP contribution is -2.40. The largest absolute Gasteiger partial charge is 0.493 e. The molecule has 0 bridgehead atoms. The Bertz CT molecular complexity index is 976. The molecule has 1 aliphatic heterocycles. The van der Waals surface area contributed by atoms with Crippen LogP contribution < -0.4 is 9.47 Å². The predicted octanol–water partition coefficient (Wildman–Crippen LogP) is 3.19. The van der Waals surface area contributed by atoms with Crippen LogP contribution in [0.4, 0.5) is 0 Å². The molecule has 1 aliphatic rings. The second-order valence-corrected chi connectivity index (χ2v) is 9.35. The van der Waals surface area contributed by atoms with Crippen molar-refractivity contribution in [1.82, 2.24) is 4.90 Å². The second-order valence-electron chi connectivity index (χ2n) is 6.69. The maximum atomic E-state index is 13.2. The van der Waals surface area contributed by atoms with E-state index in [1.165, 1.54) is 0 Å². The lowest BCUT2D eigenvalue weighted by atomic mass is 10.1. The molecule has 2 aromatic carbocycles. The summed E-state index contributed by atoms with van der Waals surface area (Å²) in [5.74, 6) is 0.936. The van der Waals surface area contributed by atoms with E-state index >= 15 is 0 Å². The molecule has 0 aromatic heterocycles. The molecule has 1 fully saturated rings. The predicted molar refractivity (Wildman–Crippen MR) is 108 cm³/mol. The molecule has 0 spiro atoms. The van der Waals surface area contributed by atoms with E-state index in [2.05, 4.69) is 0 Å². The van der Waals surface area contributed by atoms with Crippen molar-refractivity contribution in [3.05, 3.63) is 58.6 Å². The molecule has 3 rings (SSSR count). The second kappa shape index (κ2) is 8.41. The fourth-order valence-electron chi connectivity index (χ4n) is 3.35. The van der Waals surface area contributed by atoms with E-state index in [1.54, 1.807) is 55.5 Å². The molecule has 6 nitrogen and oxygen atoms in total.